The summed E-state index contributed by atoms with van der Waals surface area (Å²) in [5.41, 5.74) is 5.62. The molecule has 1 unspecified atom stereocenters. The molecule has 0 aromatic rings. The van der Waals surface area contributed by atoms with Crippen LogP contribution in [0.3, 0.4) is 0 Å². The first-order valence-electron chi connectivity index (χ1n) is 7.77. The standard InChI is InChI=1S/C16H33NO/c1-5-7-9-11-13-16(4,12-10-8-6-2)15(18)14(3)17/h14H,5-13,17H2,1-4H3/t14-,16?/m0/s1. The van der Waals surface area contributed by atoms with E-state index in [1.807, 2.05) is 6.92 Å². The van der Waals surface area contributed by atoms with E-state index in [2.05, 4.69) is 20.8 Å². The first-order valence-corrected chi connectivity index (χ1v) is 7.77. The summed E-state index contributed by atoms with van der Waals surface area (Å²) in [5.74, 6) is 0.259. The molecule has 0 bridgehead atoms. The average molecular weight is 255 g/mol. The molecule has 0 spiro atoms. The summed E-state index contributed by atoms with van der Waals surface area (Å²) >= 11 is 0. The summed E-state index contributed by atoms with van der Waals surface area (Å²) < 4.78 is 0. The van der Waals surface area contributed by atoms with Crippen LogP contribution in [0.2, 0.25) is 0 Å². The molecule has 2 N–H and O–H groups in total. The van der Waals surface area contributed by atoms with Crippen LogP contribution in [0, 0.1) is 5.41 Å². The second-order valence-electron chi connectivity index (χ2n) is 5.98. The van der Waals surface area contributed by atoms with Crippen LogP contribution < -0.4 is 5.73 Å². The highest BCUT2D eigenvalue weighted by Gasteiger charge is 2.33. The lowest BCUT2D eigenvalue weighted by molar-refractivity contribution is -0.129. The maximum atomic E-state index is 12.3. The molecule has 0 aromatic carbocycles. The Hall–Kier alpha value is -0.370. The third kappa shape index (κ3) is 6.53. The SMILES string of the molecule is CCCCCCC(C)(CCCCC)C(=O)[C@H](C)N. The second kappa shape index (κ2) is 9.55. The molecule has 0 aliphatic carbocycles. The third-order valence-electron chi connectivity index (χ3n) is 3.92. The minimum absolute atomic E-state index is 0.183. The Balaban J connectivity index is 4.34. The molecular weight excluding hydrogens is 222 g/mol. The number of ketones is 1. The fraction of sp³-hybridized carbons (Fsp3) is 0.938. The van der Waals surface area contributed by atoms with Gasteiger partial charge in [0.25, 0.3) is 0 Å². The van der Waals surface area contributed by atoms with Crippen LogP contribution in [0.4, 0.5) is 0 Å². The van der Waals surface area contributed by atoms with E-state index in [1.165, 1.54) is 32.1 Å². The second-order valence-corrected chi connectivity index (χ2v) is 5.98. The van der Waals surface area contributed by atoms with Crippen molar-refractivity contribution in [3.05, 3.63) is 0 Å². The number of unbranched alkanes of at least 4 members (excludes halogenated alkanes) is 5. The minimum atomic E-state index is -0.317. The van der Waals surface area contributed by atoms with E-state index < -0.39 is 0 Å². The van der Waals surface area contributed by atoms with Crippen LogP contribution in [0.15, 0.2) is 0 Å². The maximum absolute atomic E-state index is 12.3. The Morgan fingerprint density at radius 1 is 1.00 bits per heavy atom. The third-order valence-corrected chi connectivity index (χ3v) is 3.92. The van der Waals surface area contributed by atoms with Crippen LogP contribution in [0.1, 0.15) is 85.5 Å². The van der Waals surface area contributed by atoms with E-state index in [-0.39, 0.29) is 17.2 Å². The zero-order chi connectivity index (χ0) is 14.0. The van der Waals surface area contributed by atoms with Crippen LogP contribution in [-0.4, -0.2) is 11.8 Å². The molecule has 18 heavy (non-hydrogen) atoms. The topological polar surface area (TPSA) is 43.1 Å². The van der Waals surface area contributed by atoms with Crippen molar-refractivity contribution in [3.8, 4) is 0 Å². The number of carbonyl (C=O) groups excluding carboxylic acids is 1. The van der Waals surface area contributed by atoms with Crippen LogP contribution in [0.25, 0.3) is 0 Å². The molecule has 0 aliphatic rings. The van der Waals surface area contributed by atoms with Gasteiger partial charge in [0.1, 0.15) is 0 Å². The molecule has 0 aromatic heterocycles. The van der Waals surface area contributed by atoms with Gasteiger partial charge in [-0.25, -0.2) is 0 Å². The zero-order valence-electron chi connectivity index (χ0n) is 12.9. The van der Waals surface area contributed by atoms with Gasteiger partial charge in [-0.2, -0.15) is 0 Å². The first-order chi connectivity index (χ1) is 8.48. The van der Waals surface area contributed by atoms with Crippen molar-refractivity contribution in [2.24, 2.45) is 11.1 Å². The predicted octanol–water partition coefficient (Wildman–Crippen LogP) is 4.46. The summed E-state index contributed by atoms with van der Waals surface area (Å²) in [4.78, 5) is 12.3. The van der Waals surface area contributed by atoms with Gasteiger partial charge in [-0.05, 0) is 19.8 Å². The number of hydrogen-bond acceptors (Lipinski definition) is 2. The number of hydrogen-bond donors (Lipinski definition) is 1. The molecule has 0 amide bonds. The molecule has 2 nitrogen and oxygen atoms in total. The molecular formula is C16H33NO. The van der Waals surface area contributed by atoms with Crippen molar-refractivity contribution in [1.29, 1.82) is 0 Å². The van der Waals surface area contributed by atoms with Crippen molar-refractivity contribution in [3.63, 3.8) is 0 Å². The quantitative estimate of drug-likeness (QED) is 0.554. The highest BCUT2D eigenvalue weighted by molar-refractivity contribution is 5.88. The van der Waals surface area contributed by atoms with Crippen LogP contribution in [0.5, 0.6) is 0 Å². The summed E-state index contributed by atoms with van der Waals surface area (Å²) in [6.07, 6.45) is 10.5. The van der Waals surface area contributed by atoms with Gasteiger partial charge in [0.05, 0.1) is 6.04 Å². The van der Waals surface area contributed by atoms with Crippen molar-refractivity contribution in [2.45, 2.75) is 91.5 Å². The Morgan fingerprint density at radius 3 is 1.89 bits per heavy atom. The molecule has 108 valence electrons. The summed E-state index contributed by atoms with van der Waals surface area (Å²) in [5, 5.41) is 0. The molecule has 2 atom stereocenters. The van der Waals surface area contributed by atoms with Crippen molar-refractivity contribution in [1.82, 2.24) is 0 Å². The predicted molar refractivity (Wildman–Crippen MR) is 79.7 cm³/mol. The van der Waals surface area contributed by atoms with E-state index in [0.29, 0.717) is 0 Å². The van der Waals surface area contributed by atoms with E-state index in [4.69, 9.17) is 5.73 Å². The van der Waals surface area contributed by atoms with Gasteiger partial charge in [0.15, 0.2) is 5.78 Å². The normalized spacial score (nSPS) is 16.3. The van der Waals surface area contributed by atoms with Gasteiger partial charge >= 0.3 is 0 Å². The van der Waals surface area contributed by atoms with Gasteiger partial charge in [0, 0.05) is 5.41 Å². The highest BCUT2D eigenvalue weighted by atomic mass is 16.1. The largest absolute Gasteiger partial charge is 0.322 e. The monoisotopic (exact) mass is 255 g/mol. The Kier molecular flexibility index (Phi) is 9.35. The number of nitrogens with two attached hydrogens (primary N) is 1. The summed E-state index contributed by atoms with van der Waals surface area (Å²) in [6, 6.07) is -0.317. The molecule has 0 heterocycles. The number of rotatable bonds is 11. The zero-order valence-corrected chi connectivity index (χ0v) is 12.9. The maximum Gasteiger partial charge on any atom is 0.155 e. The number of Topliss-reactive ketones (excluding diaryl/α,β-unsaturated/α-hetero) is 1. The lowest BCUT2D eigenvalue weighted by atomic mass is 9.74. The van der Waals surface area contributed by atoms with Gasteiger partial charge in [-0.1, -0.05) is 65.7 Å². The first kappa shape index (κ1) is 17.6. The van der Waals surface area contributed by atoms with E-state index in [1.54, 1.807) is 0 Å². The summed E-state index contributed by atoms with van der Waals surface area (Å²) in [6.45, 7) is 8.37. The van der Waals surface area contributed by atoms with Crippen molar-refractivity contribution in [2.75, 3.05) is 0 Å². The smallest absolute Gasteiger partial charge is 0.155 e. The van der Waals surface area contributed by atoms with Gasteiger partial charge in [-0.3, -0.25) is 4.79 Å². The van der Waals surface area contributed by atoms with Gasteiger partial charge in [-0.15, -0.1) is 0 Å². The van der Waals surface area contributed by atoms with E-state index >= 15 is 0 Å². The Labute approximate surface area is 114 Å². The molecule has 2 heteroatoms. The molecule has 0 aliphatic heterocycles. The highest BCUT2D eigenvalue weighted by Crippen LogP contribution is 2.33. The fourth-order valence-corrected chi connectivity index (χ4v) is 2.63. The van der Waals surface area contributed by atoms with Crippen molar-refractivity contribution >= 4 is 5.78 Å². The molecule has 0 saturated carbocycles. The molecule has 0 rings (SSSR count). The van der Waals surface area contributed by atoms with Crippen LogP contribution >= 0.6 is 0 Å². The lowest BCUT2D eigenvalue weighted by Crippen LogP contribution is -2.40. The van der Waals surface area contributed by atoms with E-state index in [0.717, 1.165) is 25.7 Å². The molecule has 0 saturated heterocycles. The minimum Gasteiger partial charge on any atom is -0.322 e. The molecule has 0 radical (unpaired) electrons. The Bertz CT molecular complexity index is 225. The van der Waals surface area contributed by atoms with E-state index in [9.17, 15) is 4.79 Å². The Morgan fingerprint density at radius 2 is 1.44 bits per heavy atom. The average Bonchev–Trinajstić information content (AvgIpc) is 2.34. The fourth-order valence-electron chi connectivity index (χ4n) is 2.63. The van der Waals surface area contributed by atoms with Crippen molar-refractivity contribution < 1.29 is 4.79 Å². The molecule has 0 fully saturated rings. The lowest BCUT2D eigenvalue weighted by Gasteiger charge is -2.30. The summed E-state index contributed by atoms with van der Waals surface area (Å²) in [7, 11) is 0. The van der Waals surface area contributed by atoms with Crippen LogP contribution in [-0.2, 0) is 4.79 Å². The number of carbonyl (C=O) groups is 1. The van der Waals surface area contributed by atoms with Gasteiger partial charge < -0.3 is 5.73 Å². The van der Waals surface area contributed by atoms with Gasteiger partial charge in [0.2, 0.25) is 0 Å².